The van der Waals surface area contributed by atoms with E-state index in [0.717, 1.165) is 16.7 Å². The van der Waals surface area contributed by atoms with E-state index in [2.05, 4.69) is 15.3 Å². The molecule has 188 valence electrons. The van der Waals surface area contributed by atoms with Crippen molar-refractivity contribution in [1.29, 1.82) is 0 Å². The highest BCUT2D eigenvalue weighted by molar-refractivity contribution is 7.99. The summed E-state index contributed by atoms with van der Waals surface area (Å²) < 4.78 is 12.8. The Morgan fingerprint density at radius 3 is 2.46 bits per heavy atom. The fraction of sp³-hybridized carbons (Fsp3) is 0.207. The van der Waals surface area contributed by atoms with Crippen LogP contribution >= 0.6 is 11.8 Å². The van der Waals surface area contributed by atoms with Gasteiger partial charge in [-0.15, -0.1) is 0 Å². The summed E-state index contributed by atoms with van der Waals surface area (Å²) in [6.07, 6.45) is 3.19. The highest BCUT2D eigenvalue weighted by Crippen LogP contribution is 2.39. The van der Waals surface area contributed by atoms with Crippen molar-refractivity contribution in [2.24, 2.45) is 0 Å². The zero-order valence-electron chi connectivity index (χ0n) is 20.1. The number of nitrogens with zero attached hydrogens (tertiary/aromatic N) is 2. The van der Waals surface area contributed by atoms with E-state index in [-0.39, 0.29) is 24.7 Å². The van der Waals surface area contributed by atoms with Crippen molar-refractivity contribution in [3.8, 4) is 0 Å². The molecule has 4 aromatic rings. The van der Waals surface area contributed by atoms with E-state index in [1.165, 1.54) is 0 Å². The number of benzene rings is 3. The van der Waals surface area contributed by atoms with Crippen LogP contribution in [0.5, 0.6) is 0 Å². The quantitative estimate of drug-likeness (QED) is 0.235. The predicted octanol–water partition coefficient (Wildman–Crippen LogP) is 5.56. The maximum Gasteiger partial charge on any atom is 0.255 e. The Morgan fingerprint density at radius 2 is 1.70 bits per heavy atom. The van der Waals surface area contributed by atoms with Gasteiger partial charge in [-0.3, -0.25) is 4.79 Å². The molecule has 0 spiro atoms. The Balaban J connectivity index is 1.35. The molecule has 2 N–H and O–H groups in total. The molecule has 3 atom stereocenters. The zero-order chi connectivity index (χ0) is 25.5. The van der Waals surface area contributed by atoms with Gasteiger partial charge in [0.25, 0.3) is 5.91 Å². The monoisotopic (exact) mass is 513 g/mol. The van der Waals surface area contributed by atoms with Crippen LogP contribution in [0, 0.1) is 0 Å². The van der Waals surface area contributed by atoms with Crippen LogP contribution in [-0.2, 0) is 16.1 Å². The van der Waals surface area contributed by atoms with Crippen LogP contribution in [0.3, 0.4) is 0 Å². The second-order valence-corrected chi connectivity index (χ2v) is 9.63. The summed E-state index contributed by atoms with van der Waals surface area (Å²) in [7, 11) is 0. The topological polar surface area (TPSA) is 93.6 Å². The average Bonchev–Trinajstić information content (AvgIpc) is 2.97. The van der Waals surface area contributed by atoms with Crippen molar-refractivity contribution in [2.75, 3.05) is 11.1 Å². The Kier molecular flexibility index (Phi) is 8.22. The summed E-state index contributed by atoms with van der Waals surface area (Å²) in [5, 5.41) is 13.1. The number of amides is 1. The lowest BCUT2D eigenvalue weighted by Crippen LogP contribution is -2.31. The Morgan fingerprint density at radius 1 is 0.919 bits per heavy atom. The molecular formula is C29H27N3O4S. The number of carbonyl (C=O) groups excluding carboxylic acids is 1. The molecule has 8 heteroatoms. The number of rotatable bonds is 8. The minimum Gasteiger partial charge on any atom is -0.392 e. The number of aliphatic hydroxyl groups is 1. The third kappa shape index (κ3) is 6.61. The van der Waals surface area contributed by atoms with E-state index in [4.69, 9.17) is 9.47 Å². The van der Waals surface area contributed by atoms with Crippen molar-refractivity contribution >= 4 is 23.4 Å². The van der Waals surface area contributed by atoms with Crippen molar-refractivity contribution < 1.29 is 19.4 Å². The second kappa shape index (κ2) is 12.1. The lowest BCUT2D eigenvalue weighted by molar-refractivity contribution is -0.245. The first-order chi connectivity index (χ1) is 18.2. The van der Waals surface area contributed by atoms with Crippen molar-refractivity contribution in [2.45, 2.75) is 36.7 Å². The fourth-order valence-electron chi connectivity index (χ4n) is 4.11. The first-order valence-corrected chi connectivity index (χ1v) is 13.0. The molecule has 1 aromatic heterocycles. The van der Waals surface area contributed by atoms with Gasteiger partial charge in [-0.2, -0.15) is 0 Å². The van der Waals surface area contributed by atoms with Crippen LogP contribution in [0.1, 0.15) is 45.9 Å². The Labute approximate surface area is 219 Å². The number of aliphatic hydroxyl groups excluding tert-OH is 1. The second-order valence-electron chi connectivity index (χ2n) is 8.64. The summed E-state index contributed by atoms with van der Waals surface area (Å²) in [5.41, 5.74) is 3.93. The first-order valence-electron chi connectivity index (χ1n) is 12.0. The summed E-state index contributed by atoms with van der Waals surface area (Å²) >= 11 is 1.54. The van der Waals surface area contributed by atoms with E-state index >= 15 is 0 Å². The molecule has 1 aliphatic heterocycles. The van der Waals surface area contributed by atoms with E-state index in [1.807, 2.05) is 66.7 Å². The van der Waals surface area contributed by atoms with Gasteiger partial charge in [0.05, 0.1) is 18.8 Å². The molecule has 7 nitrogen and oxygen atoms in total. The molecule has 1 aliphatic rings. The van der Waals surface area contributed by atoms with E-state index in [0.29, 0.717) is 28.6 Å². The van der Waals surface area contributed by atoms with Crippen LogP contribution < -0.4 is 5.32 Å². The summed E-state index contributed by atoms with van der Waals surface area (Å²) in [6.45, 7) is -0.00459. The van der Waals surface area contributed by atoms with Crippen molar-refractivity contribution in [3.05, 3.63) is 120 Å². The molecule has 2 heterocycles. The number of hydrogen-bond donors (Lipinski definition) is 2. The van der Waals surface area contributed by atoms with Gasteiger partial charge in [-0.1, -0.05) is 66.4 Å². The lowest BCUT2D eigenvalue weighted by atomic mass is 10.0. The van der Waals surface area contributed by atoms with Crippen LogP contribution in [0.4, 0.5) is 5.69 Å². The third-order valence-corrected chi connectivity index (χ3v) is 7.02. The number of carbonyl (C=O) groups is 1. The largest absolute Gasteiger partial charge is 0.392 e. The predicted molar refractivity (Wildman–Crippen MR) is 142 cm³/mol. The molecule has 0 bridgehead atoms. The standard InChI is InChI=1S/C29H27N3O4S/c33-18-20-10-12-21(13-11-20)26-17-25(19-37-29-30-14-5-15-31-29)35-28(36-26)23-8-4-9-24(16-23)32-27(34)22-6-2-1-3-7-22/h1-16,25-26,28,33H,17-19H2,(H,32,34)/t25-,26+,28+/m0/s1. The molecule has 0 aliphatic carbocycles. The smallest absolute Gasteiger partial charge is 0.255 e. The van der Waals surface area contributed by atoms with Gasteiger partial charge < -0.3 is 19.9 Å². The maximum atomic E-state index is 12.7. The number of ether oxygens (including phenoxy) is 2. The number of hydrogen-bond acceptors (Lipinski definition) is 7. The minimum atomic E-state index is -0.618. The molecular weight excluding hydrogens is 486 g/mol. The molecule has 0 unspecified atom stereocenters. The van der Waals surface area contributed by atoms with Crippen LogP contribution in [0.2, 0.25) is 0 Å². The summed E-state index contributed by atoms with van der Waals surface area (Å²) in [5.74, 6) is 0.488. The first kappa shape index (κ1) is 25.1. The van der Waals surface area contributed by atoms with Gasteiger partial charge >= 0.3 is 0 Å². The van der Waals surface area contributed by atoms with Crippen molar-refractivity contribution in [3.63, 3.8) is 0 Å². The third-order valence-electron chi connectivity index (χ3n) is 6.01. The molecule has 5 rings (SSSR count). The molecule has 1 saturated heterocycles. The summed E-state index contributed by atoms with van der Waals surface area (Å²) in [6, 6.07) is 26.2. The van der Waals surface area contributed by atoms with Crippen LogP contribution in [0.15, 0.2) is 102 Å². The van der Waals surface area contributed by atoms with E-state index < -0.39 is 6.29 Å². The number of anilines is 1. The Bertz CT molecular complexity index is 1310. The van der Waals surface area contributed by atoms with Gasteiger partial charge in [0.15, 0.2) is 11.4 Å². The van der Waals surface area contributed by atoms with Gasteiger partial charge in [0.2, 0.25) is 0 Å². The number of nitrogens with one attached hydrogen (secondary N) is 1. The number of aromatic nitrogens is 2. The molecule has 3 aromatic carbocycles. The highest BCUT2D eigenvalue weighted by atomic mass is 32.2. The molecule has 0 radical (unpaired) electrons. The van der Waals surface area contributed by atoms with Crippen molar-refractivity contribution in [1.82, 2.24) is 9.97 Å². The molecule has 1 fully saturated rings. The highest BCUT2D eigenvalue weighted by Gasteiger charge is 2.32. The maximum absolute atomic E-state index is 12.7. The van der Waals surface area contributed by atoms with Gasteiger partial charge in [-0.25, -0.2) is 9.97 Å². The van der Waals surface area contributed by atoms with Crippen LogP contribution in [-0.4, -0.2) is 32.8 Å². The molecule has 37 heavy (non-hydrogen) atoms. The fourth-order valence-corrected chi connectivity index (χ4v) is 4.93. The average molecular weight is 514 g/mol. The van der Waals surface area contributed by atoms with E-state index in [1.54, 1.807) is 42.4 Å². The normalized spacial score (nSPS) is 19.3. The van der Waals surface area contributed by atoms with Gasteiger partial charge in [0, 0.05) is 41.4 Å². The summed E-state index contributed by atoms with van der Waals surface area (Å²) in [4.78, 5) is 21.3. The number of thioether (sulfide) groups is 1. The van der Waals surface area contributed by atoms with Gasteiger partial charge in [-0.05, 0) is 41.5 Å². The SMILES string of the molecule is O=C(Nc1cccc([C@@H]2O[C@H](CSc3ncccn3)C[C@H](c3ccc(CO)cc3)O2)c1)c1ccccc1. The molecule has 0 saturated carbocycles. The Hall–Kier alpha value is -3.56. The zero-order valence-corrected chi connectivity index (χ0v) is 20.9. The molecule has 1 amide bonds. The lowest BCUT2D eigenvalue weighted by Gasteiger charge is -2.36. The van der Waals surface area contributed by atoms with Gasteiger partial charge in [0.1, 0.15) is 0 Å². The minimum absolute atomic E-state index is 0.00459. The van der Waals surface area contributed by atoms with Crippen LogP contribution in [0.25, 0.3) is 0 Å². The van der Waals surface area contributed by atoms with E-state index in [9.17, 15) is 9.90 Å².